The fraction of sp³-hybridized carbons (Fsp3) is 0.304. The van der Waals surface area contributed by atoms with Gasteiger partial charge in [0.25, 0.3) is 11.8 Å². The number of nitrogens with one attached hydrogen (secondary N) is 2. The van der Waals surface area contributed by atoms with Gasteiger partial charge in [0.2, 0.25) is 11.8 Å². The Morgan fingerprint density at radius 3 is 2.44 bits per heavy atom. The van der Waals surface area contributed by atoms with Crippen molar-refractivity contribution in [2.24, 2.45) is 0 Å². The molecule has 3 N–H and O–H groups in total. The summed E-state index contributed by atoms with van der Waals surface area (Å²) in [6.07, 6.45) is 2.17. The molecule has 0 saturated carbocycles. The molecule has 4 amide bonds. The maximum absolute atomic E-state index is 12.9. The zero-order valence-electron chi connectivity index (χ0n) is 17.7. The maximum atomic E-state index is 12.9. The van der Waals surface area contributed by atoms with Crippen molar-refractivity contribution in [3.05, 3.63) is 64.7 Å². The predicted molar refractivity (Wildman–Crippen MR) is 118 cm³/mol. The average Bonchev–Trinajstić information content (AvgIpc) is 3.02. The number of amides is 4. The number of benzene rings is 2. The predicted octanol–water partition coefficient (Wildman–Crippen LogP) is 1.76. The van der Waals surface area contributed by atoms with Crippen LogP contribution in [0.5, 0.6) is 0 Å². The lowest BCUT2D eigenvalue weighted by Gasteiger charge is -2.27. The smallest absolute Gasteiger partial charge is 0.262 e. The lowest BCUT2D eigenvalue weighted by Crippen LogP contribution is -2.54. The zero-order chi connectivity index (χ0) is 23.0. The monoisotopic (exact) mass is 453 g/mol. The molecule has 2 aliphatic heterocycles. The molecule has 2 atom stereocenters. The zero-order valence-corrected chi connectivity index (χ0v) is 18.5. The minimum atomic E-state index is -1.30. The van der Waals surface area contributed by atoms with E-state index in [1.807, 2.05) is 30.5 Å². The van der Waals surface area contributed by atoms with E-state index >= 15 is 0 Å². The van der Waals surface area contributed by atoms with Gasteiger partial charge in [-0.25, -0.2) is 0 Å². The molecule has 1 fully saturated rings. The Kier molecular flexibility index (Phi) is 5.89. The quantitative estimate of drug-likeness (QED) is 0.347. The number of thioether (sulfide) groups is 1. The number of nitrogens with zero attached hydrogens (tertiary/aromatic N) is 1. The first-order chi connectivity index (χ1) is 15.2. The summed E-state index contributed by atoms with van der Waals surface area (Å²) in [5, 5.41) is 16.1. The number of hydrogen-bond acceptors (Lipinski definition) is 7. The molecule has 2 heterocycles. The van der Waals surface area contributed by atoms with Gasteiger partial charge in [-0.3, -0.25) is 34.7 Å². The minimum Gasteiger partial charge on any atom is -0.372 e. The highest BCUT2D eigenvalue weighted by molar-refractivity contribution is 7.98. The Balaban J connectivity index is 1.50. The van der Waals surface area contributed by atoms with Crippen molar-refractivity contribution < 1.29 is 24.3 Å². The highest BCUT2D eigenvalue weighted by Gasteiger charge is 2.44. The lowest BCUT2D eigenvalue weighted by atomic mass is 10.0. The Morgan fingerprint density at radius 1 is 1.09 bits per heavy atom. The molecule has 32 heavy (non-hydrogen) atoms. The van der Waals surface area contributed by atoms with E-state index in [4.69, 9.17) is 0 Å². The van der Waals surface area contributed by atoms with Gasteiger partial charge in [-0.2, -0.15) is 0 Å². The van der Waals surface area contributed by atoms with Gasteiger partial charge in [-0.1, -0.05) is 18.2 Å². The first kappa shape index (κ1) is 22.2. The molecule has 2 aliphatic rings. The number of piperidine rings is 1. The Labute approximate surface area is 189 Å². The first-order valence-corrected chi connectivity index (χ1v) is 11.4. The topological polar surface area (TPSA) is 116 Å². The molecule has 9 heteroatoms. The normalized spacial score (nSPS) is 20.2. The molecule has 0 bridgehead atoms. The first-order valence-electron chi connectivity index (χ1n) is 10.2. The summed E-state index contributed by atoms with van der Waals surface area (Å²) in [5.74, 6) is -2.15. The average molecular weight is 454 g/mol. The van der Waals surface area contributed by atoms with Crippen molar-refractivity contribution in [2.75, 3.05) is 6.26 Å². The third-order valence-electron chi connectivity index (χ3n) is 5.79. The van der Waals surface area contributed by atoms with Crippen LogP contribution < -0.4 is 10.6 Å². The van der Waals surface area contributed by atoms with E-state index in [2.05, 4.69) is 10.6 Å². The van der Waals surface area contributed by atoms with Gasteiger partial charge in [0.1, 0.15) is 11.8 Å². The number of hydrogen-bond donors (Lipinski definition) is 3. The SMILES string of the molecule is CSc1ccc(C(C)(O)NCc2ccc3c(c2)C(=O)N(C2CCC(=O)NC2=O)C3=O)cc1. The summed E-state index contributed by atoms with van der Waals surface area (Å²) in [5.41, 5.74) is 0.544. The van der Waals surface area contributed by atoms with Crippen LogP contribution in [0.3, 0.4) is 0 Å². The minimum absolute atomic E-state index is 0.0754. The van der Waals surface area contributed by atoms with Gasteiger partial charge in [-0.05, 0) is 55.0 Å². The summed E-state index contributed by atoms with van der Waals surface area (Å²) < 4.78 is 0. The second kappa shape index (κ2) is 8.50. The second-order valence-electron chi connectivity index (χ2n) is 7.98. The summed E-state index contributed by atoms with van der Waals surface area (Å²) in [6, 6.07) is 11.4. The molecule has 1 saturated heterocycles. The summed E-state index contributed by atoms with van der Waals surface area (Å²) in [7, 11) is 0. The van der Waals surface area contributed by atoms with Gasteiger partial charge < -0.3 is 5.11 Å². The van der Waals surface area contributed by atoms with Crippen molar-refractivity contribution in [3.8, 4) is 0 Å². The van der Waals surface area contributed by atoms with E-state index < -0.39 is 35.4 Å². The molecular formula is C23H23N3O5S. The van der Waals surface area contributed by atoms with Gasteiger partial charge >= 0.3 is 0 Å². The Hall–Kier alpha value is -3.01. The molecule has 2 unspecified atom stereocenters. The van der Waals surface area contributed by atoms with E-state index in [0.29, 0.717) is 11.1 Å². The third-order valence-corrected chi connectivity index (χ3v) is 6.54. The standard InChI is InChI=1S/C23H23N3O5S/c1-23(31,14-4-6-15(32-2)7-5-14)24-12-13-3-8-16-17(11-13)22(30)26(21(16)29)18-9-10-19(27)25-20(18)28/h3-8,11,18,24,31H,9-10,12H2,1-2H3,(H,25,27,28). The van der Waals surface area contributed by atoms with Crippen molar-refractivity contribution in [1.29, 1.82) is 0 Å². The van der Waals surface area contributed by atoms with Crippen LogP contribution in [0.2, 0.25) is 0 Å². The van der Waals surface area contributed by atoms with E-state index in [1.54, 1.807) is 36.9 Å². The number of imide groups is 2. The van der Waals surface area contributed by atoms with Crippen molar-refractivity contribution in [1.82, 2.24) is 15.5 Å². The van der Waals surface area contributed by atoms with Crippen LogP contribution in [-0.4, -0.2) is 45.9 Å². The summed E-state index contributed by atoms with van der Waals surface area (Å²) >= 11 is 1.61. The Bertz CT molecular complexity index is 1110. The molecular weight excluding hydrogens is 430 g/mol. The molecule has 2 aromatic rings. The molecule has 4 rings (SSSR count). The number of fused-ring (bicyclic) bond motifs is 1. The number of aliphatic hydroxyl groups is 1. The maximum Gasteiger partial charge on any atom is 0.262 e. The second-order valence-corrected chi connectivity index (χ2v) is 8.86. The summed E-state index contributed by atoms with van der Waals surface area (Å²) in [6.45, 7) is 1.90. The van der Waals surface area contributed by atoms with Crippen LogP contribution in [0.4, 0.5) is 0 Å². The van der Waals surface area contributed by atoms with Crippen LogP contribution in [-0.2, 0) is 21.9 Å². The number of carbonyl (C=O) groups excluding carboxylic acids is 4. The van der Waals surface area contributed by atoms with E-state index in [9.17, 15) is 24.3 Å². The van der Waals surface area contributed by atoms with Crippen LogP contribution in [0.15, 0.2) is 47.4 Å². The fourth-order valence-corrected chi connectivity index (χ4v) is 4.33. The van der Waals surface area contributed by atoms with Crippen LogP contribution in [0, 0.1) is 0 Å². The molecule has 8 nitrogen and oxygen atoms in total. The fourth-order valence-electron chi connectivity index (χ4n) is 3.92. The van der Waals surface area contributed by atoms with Gasteiger partial charge in [-0.15, -0.1) is 11.8 Å². The van der Waals surface area contributed by atoms with Crippen molar-refractivity contribution in [2.45, 2.75) is 43.0 Å². The molecule has 0 aliphatic carbocycles. The molecule has 0 spiro atoms. The Morgan fingerprint density at radius 2 is 1.78 bits per heavy atom. The lowest BCUT2D eigenvalue weighted by molar-refractivity contribution is -0.136. The van der Waals surface area contributed by atoms with Crippen molar-refractivity contribution in [3.63, 3.8) is 0 Å². The van der Waals surface area contributed by atoms with E-state index in [0.717, 1.165) is 9.80 Å². The van der Waals surface area contributed by atoms with Crippen LogP contribution in [0.25, 0.3) is 0 Å². The molecule has 2 aromatic carbocycles. The van der Waals surface area contributed by atoms with Crippen LogP contribution in [0.1, 0.15) is 51.6 Å². The molecule has 0 radical (unpaired) electrons. The van der Waals surface area contributed by atoms with Gasteiger partial charge in [0.05, 0.1) is 11.1 Å². The highest BCUT2D eigenvalue weighted by Crippen LogP contribution is 2.29. The largest absolute Gasteiger partial charge is 0.372 e. The summed E-state index contributed by atoms with van der Waals surface area (Å²) in [4.78, 5) is 51.3. The molecule has 166 valence electrons. The van der Waals surface area contributed by atoms with E-state index in [1.165, 1.54) is 0 Å². The molecule has 0 aromatic heterocycles. The van der Waals surface area contributed by atoms with Gasteiger partial charge in [0, 0.05) is 17.9 Å². The highest BCUT2D eigenvalue weighted by atomic mass is 32.2. The van der Waals surface area contributed by atoms with E-state index in [-0.39, 0.29) is 30.5 Å². The van der Waals surface area contributed by atoms with Crippen LogP contribution >= 0.6 is 11.8 Å². The van der Waals surface area contributed by atoms with Crippen molar-refractivity contribution >= 4 is 35.4 Å². The number of carbonyl (C=O) groups is 4. The van der Waals surface area contributed by atoms with Gasteiger partial charge in [0.15, 0.2) is 0 Å². The third kappa shape index (κ3) is 4.06. The number of rotatable bonds is 6.